The van der Waals surface area contributed by atoms with Crippen LogP contribution < -0.4 is 5.32 Å². The van der Waals surface area contributed by atoms with Crippen molar-refractivity contribution in [3.8, 4) is 6.07 Å². The highest BCUT2D eigenvalue weighted by molar-refractivity contribution is 5.98. The molecular weight excluding hydrogens is 268 g/mol. The molecular formula is C16H16N2O3. The van der Waals surface area contributed by atoms with Gasteiger partial charge >= 0.3 is 0 Å². The number of nitrogens with one attached hydrogen (secondary N) is 1. The van der Waals surface area contributed by atoms with Gasteiger partial charge in [0, 0.05) is 5.56 Å². The van der Waals surface area contributed by atoms with Crippen LogP contribution in [0, 0.1) is 11.3 Å². The van der Waals surface area contributed by atoms with Crippen LogP contribution in [0.25, 0.3) is 10.8 Å². The van der Waals surface area contributed by atoms with E-state index in [0.717, 1.165) is 10.8 Å². The number of nitriles is 1. The molecule has 2 rings (SSSR count). The second kappa shape index (κ2) is 7.39. The lowest BCUT2D eigenvalue weighted by Gasteiger charge is -2.11. The molecule has 108 valence electrons. The van der Waals surface area contributed by atoms with Crippen LogP contribution in [0.3, 0.4) is 0 Å². The first-order valence-electron chi connectivity index (χ1n) is 6.68. The number of carbonyl (C=O) groups excluding carboxylic acids is 1. The fraction of sp³-hybridized carbons (Fsp3) is 0.250. The van der Waals surface area contributed by atoms with E-state index in [1.54, 1.807) is 19.1 Å². The van der Waals surface area contributed by atoms with E-state index in [1.165, 1.54) is 0 Å². The Morgan fingerprint density at radius 1 is 1.24 bits per heavy atom. The third kappa shape index (κ3) is 4.02. The first-order chi connectivity index (χ1) is 10.2. The zero-order valence-electron chi connectivity index (χ0n) is 11.7. The van der Waals surface area contributed by atoms with E-state index in [4.69, 9.17) is 15.0 Å². The summed E-state index contributed by atoms with van der Waals surface area (Å²) in [6.07, 6.45) is 0. The fourth-order valence-electron chi connectivity index (χ4n) is 1.88. The lowest BCUT2D eigenvalue weighted by atomic mass is 10.1. The van der Waals surface area contributed by atoms with Crippen LogP contribution in [-0.4, -0.2) is 25.2 Å². The number of fused-ring (bicyclic) bond motifs is 1. The van der Waals surface area contributed by atoms with Gasteiger partial charge in [0.1, 0.15) is 12.6 Å². The van der Waals surface area contributed by atoms with Gasteiger partial charge in [-0.3, -0.25) is 4.79 Å². The maximum Gasteiger partial charge on any atom is 0.252 e. The van der Waals surface area contributed by atoms with Gasteiger partial charge in [0.2, 0.25) is 0 Å². The summed E-state index contributed by atoms with van der Waals surface area (Å²) in [6.45, 7) is 2.15. The van der Waals surface area contributed by atoms with Crippen LogP contribution in [-0.2, 0) is 9.78 Å². The molecule has 5 nitrogen and oxygen atoms in total. The molecule has 0 bridgehead atoms. The van der Waals surface area contributed by atoms with Gasteiger partial charge in [-0.2, -0.15) is 5.26 Å². The molecule has 1 atom stereocenters. The molecule has 5 heteroatoms. The van der Waals surface area contributed by atoms with Crippen molar-refractivity contribution >= 4 is 16.7 Å². The van der Waals surface area contributed by atoms with Gasteiger partial charge in [-0.05, 0) is 29.8 Å². The molecule has 21 heavy (non-hydrogen) atoms. The van der Waals surface area contributed by atoms with E-state index in [-0.39, 0.29) is 12.5 Å². The van der Waals surface area contributed by atoms with Gasteiger partial charge < -0.3 is 5.32 Å². The van der Waals surface area contributed by atoms with Crippen LogP contribution in [0.4, 0.5) is 0 Å². The van der Waals surface area contributed by atoms with E-state index < -0.39 is 6.04 Å². The standard InChI is InChI=1S/C16H16N2O3/c1-2-20-21-11-15(10-17)18-16(19)14-8-7-12-5-3-4-6-13(12)9-14/h3-9,15H,2,11H2,1H3,(H,18,19). The maximum absolute atomic E-state index is 12.1. The Labute approximate surface area is 123 Å². The highest BCUT2D eigenvalue weighted by Gasteiger charge is 2.14. The summed E-state index contributed by atoms with van der Waals surface area (Å²) in [4.78, 5) is 21.6. The topological polar surface area (TPSA) is 71.3 Å². The van der Waals surface area contributed by atoms with Crippen LogP contribution >= 0.6 is 0 Å². The van der Waals surface area contributed by atoms with Crippen molar-refractivity contribution in [3.05, 3.63) is 48.0 Å². The van der Waals surface area contributed by atoms with Gasteiger partial charge in [0.05, 0.1) is 12.7 Å². The van der Waals surface area contributed by atoms with Crippen LogP contribution in [0.2, 0.25) is 0 Å². The number of nitrogens with zero attached hydrogens (tertiary/aromatic N) is 1. The Morgan fingerprint density at radius 2 is 2.00 bits per heavy atom. The molecule has 0 aliphatic rings. The van der Waals surface area contributed by atoms with Crippen molar-refractivity contribution in [2.24, 2.45) is 0 Å². The Morgan fingerprint density at radius 3 is 2.71 bits per heavy atom. The zero-order chi connectivity index (χ0) is 15.1. The van der Waals surface area contributed by atoms with Crippen molar-refractivity contribution in [3.63, 3.8) is 0 Å². The Hall–Kier alpha value is -2.42. The molecule has 0 spiro atoms. The highest BCUT2D eigenvalue weighted by Crippen LogP contribution is 2.15. The van der Waals surface area contributed by atoms with Crippen molar-refractivity contribution in [2.45, 2.75) is 13.0 Å². The van der Waals surface area contributed by atoms with Gasteiger partial charge in [0.25, 0.3) is 5.91 Å². The quantitative estimate of drug-likeness (QED) is 0.502. The van der Waals surface area contributed by atoms with E-state index in [1.807, 2.05) is 36.4 Å². The normalized spacial score (nSPS) is 11.8. The molecule has 0 fully saturated rings. The van der Waals surface area contributed by atoms with E-state index in [2.05, 4.69) is 5.32 Å². The predicted molar refractivity (Wildman–Crippen MR) is 78.4 cm³/mol. The summed E-state index contributed by atoms with van der Waals surface area (Å²) in [7, 11) is 0. The van der Waals surface area contributed by atoms with E-state index >= 15 is 0 Å². The lowest BCUT2D eigenvalue weighted by Crippen LogP contribution is -2.37. The van der Waals surface area contributed by atoms with Crippen molar-refractivity contribution in [1.29, 1.82) is 5.26 Å². The molecule has 2 aromatic rings. The summed E-state index contributed by atoms with van der Waals surface area (Å²) >= 11 is 0. The average Bonchev–Trinajstić information content (AvgIpc) is 2.53. The molecule has 1 N–H and O–H groups in total. The summed E-state index contributed by atoms with van der Waals surface area (Å²) in [5.41, 5.74) is 0.505. The number of hydrogen-bond acceptors (Lipinski definition) is 4. The van der Waals surface area contributed by atoms with Gasteiger partial charge in [-0.25, -0.2) is 9.78 Å². The molecule has 0 heterocycles. The minimum Gasteiger partial charge on any atom is -0.334 e. The molecule has 0 aliphatic heterocycles. The maximum atomic E-state index is 12.1. The van der Waals surface area contributed by atoms with Gasteiger partial charge in [0.15, 0.2) is 0 Å². The van der Waals surface area contributed by atoms with E-state index in [0.29, 0.717) is 12.2 Å². The summed E-state index contributed by atoms with van der Waals surface area (Å²) in [5.74, 6) is -0.313. The monoisotopic (exact) mass is 284 g/mol. The van der Waals surface area contributed by atoms with Crippen molar-refractivity contribution < 1.29 is 14.6 Å². The minimum absolute atomic E-state index is 0.0103. The molecule has 0 aromatic heterocycles. The fourth-order valence-corrected chi connectivity index (χ4v) is 1.88. The van der Waals surface area contributed by atoms with Crippen molar-refractivity contribution in [2.75, 3.05) is 13.2 Å². The average molecular weight is 284 g/mol. The first kappa shape index (κ1) is 15.0. The number of carbonyl (C=O) groups is 1. The molecule has 1 amide bonds. The highest BCUT2D eigenvalue weighted by atomic mass is 17.2. The molecule has 0 aliphatic carbocycles. The van der Waals surface area contributed by atoms with Crippen LogP contribution in [0.15, 0.2) is 42.5 Å². The summed E-state index contributed by atoms with van der Waals surface area (Å²) in [5, 5.41) is 13.6. The molecule has 1 unspecified atom stereocenters. The lowest BCUT2D eigenvalue weighted by molar-refractivity contribution is -0.292. The number of hydrogen-bond donors (Lipinski definition) is 1. The number of amides is 1. The summed E-state index contributed by atoms with van der Waals surface area (Å²) < 4.78 is 0. The second-order valence-corrected chi connectivity index (χ2v) is 4.41. The SMILES string of the molecule is CCOOCC(C#N)NC(=O)c1ccc2ccccc2c1. The molecule has 0 saturated carbocycles. The minimum atomic E-state index is -0.754. The Kier molecular flexibility index (Phi) is 5.27. The molecule has 2 aromatic carbocycles. The van der Waals surface area contributed by atoms with E-state index in [9.17, 15) is 4.79 Å². The van der Waals surface area contributed by atoms with Crippen molar-refractivity contribution in [1.82, 2.24) is 5.32 Å². The largest absolute Gasteiger partial charge is 0.334 e. The Bertz CT molecular complexity index is 664. The first-order valence-corrected chi connectivity index (χ1v) is 6.68. The summed E-state index contributed by atoms with van der Waals surface area (Å²) in [6, 6.07) is 14.4. The number of rotatable bonds is 6. The third-order valence-corrected chi connectivity index (χ3v) is 2.91. The predicted octanol–water partition coefficient (Wildman–Crippen LogP) is 2.43. The van der Waals surface area contributed by atoms with Crippen LogP contribution in [0.5, 0.6) is 0 Å². The van der Waals surface area contributed by atoms with Crippen LogP contribution in [0.1, 0.15) is 17.3 Å². The number of benzene rings is 2. The van der Waals surface area contributed by atoms with Gasteiger partial charge in [-0.1, -0.05) is 30.3 Å². The molecule has 0 saturated heterocycles. The second-order valence-electron chi connectivity index (χ2n) is 4.41. The zero-order valence-corrected chi connectivity index (χ0v) is 11.7. The molecule has 0 radical (unpaired) electrons. The van der Waals surface area contributed by atoms with Gasteiger partial charge in [-0.15, -0.1) is 0 Å². The smallest absolute Gasteiger partial charge is 0.252 e. The third-order valence-electron chi connectivity index (χ3n) is 2.91. The Balaban J connectivity index is 2.05.